The molecule has 0 aliphatic rings. The lowest BCUT2D eigenvalue weighted by Crippen LogP contribution is -2.33. The molecule has 0 heterocycles. The summed E-state index contributed by atoms with van der Waals surface area (Å²) in [5, 5.41) is 3.52. The summed E-state index contributed by atoms with van der Waals surface area (Å²) in [4.78, 5) is 2.49. The summed E-state index contributed by atoms with van der Waals surface area (Å²) in [6.45, 7) is 13.2. The Morgan fingerprint density at radius 2 is 1.89 bits per heavy atom. The Bertz CT molecular complexity index is 390. The van der Waals surface area contributed by atoms with Crippen LogP contribution >= 0.6 is 15.9 Å². The molecule has 0 aromatic heterocycles. The third-order valence-electron chi connectivity index (χ3n) is 3.37. The van der Waals surface area contributed by atoms with Crippen LogP contribution in [0.3, 0.4) is 0 Å². The van der Waals surface area contributed by atoms with E-state index in [4.69, 9.17) is 0 Å². The molecule has 3 heteroatoms. The molecule has 0 spiro atoms. The lowest BCUT2D eigenvalue weighted by atomic mass is 10.0. The monoisotopic (exact) mass is 326 g/mol. The van der Waals surface area contributed by atoms with Crippen molar-refractivity contribution in [1.82, 2.24) is 5.32 Å². The van der Waals surface area contributed by atoms with Gasteiger partial charge in [-0.2, -0.15) is 0 Å². The number of hydrogen-bond donors (Lipinski definition) is 1. The number of hydrogen-bond acceptors (Lipinski definition) is 2. The van der Waals surface area contributed by atoms with Crippen molar-refractivity contribution < 1.29 is 0 Å². The van der Waals surface area contributed by atoms with Gasteiger partial charge in [0.05, 0.1) is 0 Å². The summed E-state index contributed by atoms with van der Waals surface area (Å²) in [5.74, 6) is 0. The Morgan fingerprint density at radius 3 is 2.42 bits per heavy atom. The number of halogens is 1. The zero-order valence-corrected chi connectivity index (χ0v) is 14.4. The smallest absolute Gasteiger partial charge is 0.0428 e. The van der Waals surface area contributed by atoms with Crippen LogP contribution in [-0.4, -0.2) is 19.1 Å². The molecule has 1 aromatic rings. The first-order valence-electron chi connectivity index (χ1n) is 7.30. The highest BCUT2D eigenvalue weighted by atomic mass is 79.9. The minimum Gasteiger partial charge on any atom is -0.369 e. The zero-order valence-electron chi connectivity index (χ0n) is 12.8. The van der Waals surface area contributed by atoms with Crippen LogP contribution in [0.25, 0.3) is 0 Å². The van der Waals surface area contributed by atoms with E-state index in [0.29, 0.717) is 12.1 Å². The van der Waals surface area contributed by atoms with Crippen LogP contribution in [0.15, 0.2) is 22.7 Å². The molecule has 0 saturated carbocycles. The van der Waals surface area contributed by atoms with E-state index in [9.17, 15) is 0 Å². The molecule has 0 radical (unpaired) electrons. The van der Waals surface area contributed by atoms with E-state index in [-0.39, 0.29) is 0 Å². The summed E-state index contributed by atoms with van der Waals surface area (Å²) >= 11 is 3.61. The van der Waals surface area contributed by atoms with Gasteiger partial charge in [-0.1, -0.05) is 35.8 Å². The SMILES string of the molecule is CCCN(c1cc(Br)ccc1C(C)NCC)C(C)C. The largest absolute Gasteiger partial charge is 0.369 e. The first kappa shape index (κ1) is 16.5. The summed E-state index contributed by atoms with van der Waals surface area (Å²) in [5.41, 5.74) is 2.73. The molecule has 1 aromatic carbocycles. The molecular weight excluding hydrogens is 300 g/mol. The highest BCUT2D eigenvalue weighted by Crippen LogP contribution is 2.31. The maximum atomic E-state index is 3.61. The van der Waals surface area contributed by atoms with E-state index in [0.717, 1.165) is 17.6 Å². The van der Waals surface area contributed by atoms with Crippen LogP contribution in [0.1, 0.15) is 52.6 Å². The molecule has 0 bridgehead atoms. The molecule has 1 unspecified atom stereocenters. The standard InChI is InChI=1S/C16H27BrN2/c1-6-10-19(12(3)4)16-11-14(17)8-9-15(16)13(5)18-7-2/h8-9,11-13,18H,6-7,10H2,1-5H3. The molecule has 19 heavy (non-hydrogen) atoms. The maximum absolute atomic E-state index is 3.61. The van der Waals surface area contributed by atoms with Crippen LogP contribution in [0.2, 0.25) is 0 Å². The molecule has 108 valence electrons. The number of nitrogens with one attached hydrogen (secondary N) is 1. The van der Waals surface area contributed by atoms with Crippen LogP contribution in [-0.2, 0) is 0 Å². The third kappa shape index (κ3) is 4.50. The molecule has 1 rings (SSSR count). The van der Waals surface area contributed by atoms with Gasteiger partial charge < -0.3 is 10.2 Å². The van der Waals surface area contributed by atoms with E-state index in [1.807, 2.05) is 0 Å². The summed E-state index contributed by atoms with van der Waals surface area (Å²) in [6, 6.07) is 7.52. The van der Waals surface area contributed by atoms with E-state index < -0.39 is 0 Å². The van der Waals surface area contributed by atoms with Gasteiger partial charge in [-0.3, -0.25) is 0 Å². The van der Waals surface area contributed by atoms with Gasteiger partial charge in [0.1, 0.15) is 0 Å². The lowest BCUT2D eigenvalue weighted by molar-refractivity contribution is 0.589. The van der Waals surface area contributed by atoms with Crippen LogP contribution in [0, 0.1) is 0 Å². The normalized spacial score (nSPS) is 12.8. The third-order valence-corrected chi connectivity index (χ3v) is 3.86. The van der Waals surface area contributed by atoms with E-state index in [1.165, 1.54) is 17.7 Å². The second kappa shape index (κ2) is 7.91. The molecule has 2 nitrogen and oxygen atoms in total. The van der Waals surface area contributed by atoms with Gasteiger partial charge >= 0.3 is 0 Å². The van der Waals surface area contributed by atoms with Gasteiger partial charge in [-0.05, 0) is 51.4 Å². The zero-order chi connectivity index (χ0) is 14.4. The minimum absolute atomic E-state index is 0.381. The molecule has 0 fully saturated rings. The molecule has 1 atom stereocenters. The van der Waals surface area contributed by atoms with Crippen molar-refractivity contribution in [3.05, 3.63) is 28.2 Å². The van der Waals surface area contributed by atoms with Crippen molar-refractivity contribution in [2.75, 3.05) is 18.0 Å². The summed E-state index contributed by atoms with van der Waals surface area (Å²) in [6.07, 6.45) is 1.17. The van der Waals surface area contributed by atoms with Crippen molar-refractivity contribution in [3.63, 3.8) is 0 Å². The van der Waals surface area contributed by atoms with Gasteiger partial charge in [0, 0.05) is 28.8 Å². The van der Waals surface area contributed by atoms with Crippen molar-refractivity contribution in [3.8, 4) is 0 Å². The molecule has 0 aliphatic heterocycles. The molecule has 0 amide bonds. The van der Waals surface area contributed by atoms with Gasteiger partial charge in [0.15, 0.2) is 0 Å². The molecule has 0 saturated heterocycles. The highest BCUT2D eigenvalue weighted by molar-refractivity contribution is 9.10. The Morgan fingerprint density at radius 1 is 1.21 bits per heavy atom. The fraction of sp³-hybridized carbons (Fsp3) is 0.625. The first-order chi connectivity index (χ1) is 9.01. The van der Waals surface area contributed by atoms with Gasteiger partial charge in [-0.25, -0.2) is 0 Å². The quantitative estimate of drug-likeness (QED) is 0.778. The van der Waals surface area contributed by atoms with Gasteiger partial charge in [0.2, 0.25) is 0 Å². The maximum Gasteiger partial charge on any atom is 0.0428 e. The lowest BCUT2D eigenvalue weighted by Gasteiger charge is -2.32. The topological polar surface area (TPSA) is 15.3 Å². The van der Waals surface area contributed by atoms with E-state index >= 15 is 0 Å². The molecule has 1 N–H and O–H groups in total. The molecular formula is C16H27BrN2. The fourth-order valence-corrected chi connectivity index (χ4v) is 2.79. The first-order valence-corrected chi connectivity index (χ1v) is 8.10. The number of nitrogens with zero attached hydrogens (tertiary/aromatic N) is 1. The second-order valence-electron chi connectivity index (χ2n) is 5.27. The Labute approximate surface area is 126 Å². The van der Waals surface area contributed by atoms with Crippen molar-refractivity contribution in [1.29, 1.82) is 0 Å². The van der Waals surface area contributed by atoms with Crippen molar-refractivity contribution in [2.45, 2.75) is 53.1 Å². The van der Waals surface area contributed by atoms with Gasteiger partial charge in [0.25, 0.3) is 0 Å². The van der Waals surface area contributed by atoms with Gasteiger partial charge in [-0.15, -0.1) is 0 Å². The van der Waals surface area contributed by atoms with Crippen LogP contribution in [0.5, 0.6) is 0 Å². The van der Waals surface area contributed by atoms with Crippen LogP contribution in [0.4, 0.5) is 5.69 Å². The summed E-state index contributed by atoms with van der Waals surface area (Å²) < 4.78 is 1.15. The predicted molar refractivity (Wildman–Crippen MR) is 89.0 cm³/mol. The predicted octanol–water partition coefficient (Wildman–Crippen LogP) is 4.74. The van der Waals surface area contributed by atoms with Crippen molar-refractivity contribution in [2.24, 2.45) is 0 Å². The number of anilines is 1. The number of benzene rings is 1. The van der Waals surface area contributed by atoms with Crippen molar-refractivity contribution >= 4 is 21.6 Å². The average Bonchev–Trinajstić information content (AvgIpc) is 2.35. The Balaban J connectivity index is 3.17. The Kier molecular flexibility index (Phi) is 6.87. The van der Waals surface area contributed by atoms with E-state index in [1.54, 1.807) is 0 Å². The van der Waals surface area contributed by atoms with Crippen LogP contribution < -0.4 is 10.2 Å². The fourth-order valence-electron chi connectivity index (χ4n) is 2.45. The van der Waals surface area contributed by atoms with E-state index in [2.05, 4.69) is 79.0 Å². The average molecular weight is 327 g/mol. The second-order valence-corrected chi connectivity index (χ2v) is 6.19. The Hall–Kier alpha value is -0.540. The highest BCUT2D eigenvalue weighted by Gasteiger charge is 2.17. The summed E-state index contributed by atoms with van der Waals surface area (Å²) in [7, 11) is 0. The number of rotatable bonds is 7. The minimum atomic E-state index is 0.381. The molecule has 0 aliphatic carbocycles.